The Morgan fingerprint density at radius 3 is 2.69 bits per heavy atom. The van der Waals surface area contributed by atoms with E-state index in [0.717, 1.165) is 11.3 Å². The number of rotatable bonds is 2. The van der Waals surface area contributed by atoms with Gasteiger partial charge in [0.05, 0.1) is 5.69 Å². The predicted molar refractivity (Wildman–Crippen MR) is 55.6 cm³/mol. The second-order valence-corrected chi connectivity index (χ2v) is 3.02. The van der Waals surface area contributed by atoms with Crippen molar-refractivity contribution in [3.8, 4) is 0 Å². The molecule has 4 nitrogen and oxygen atoms in total. The Kier molecular flexibility index (Phi) is 2.97. The lowest BCUT2D eigenvalue weighted by molar-refractivity contribution is 1.28. The van der Waals surface area contributed by atoms with Crippen LogP contribution in [0.15, 0.2) is 23.3 Å². The number of hydrogen-bond donors (Lipinski definition) is 3. The van der Waals surface area contributed by atoms with E-state index < -0.39 is 0 Å². The molecular formula is C8H11ClN4. The van der Waals surface area contributed by atoms with Crippen molar-refractivity contribution < 1.29 is 0 Å². The smallest absolute Gasteiger partial charge is 0.208 e. The first-order valence-electron chi connectivity index (χ1n) is 3.70. The van der Waals surface area contributed by atoms with Gasteiger partial charge in [-0.1, -0.05) is 17.7 Å². The molecule has 0 amide bonds. The highest BCUT2D eigenvalue weighted by atomic mass is 35.5. The normalized spacial score (nSPS) is 9.38. The Bertz CT molecular complexity index is 331. The van der Waals surface area contributed by atoms with Gasteiger partial charge in [-0.2, -0.15) is 0 Å². The maximum Gasteiger partial charge on any atom is 0.208 e. The molecule has 0 aromatic heterocycles. The van der Waals surface area contributed by atoms with Crippen LogP contribution < -0.4 is 16.9 Å². The molecule has 0 aliphatic heterocycles. The van der Waals surface area contributed by atoms with Gasteiger partial charge in [-0.3, -0.25) is 5.43 Å². The van der Waals surface area contributed by atoms with Gasteiger partial charge < -0.3 is 11.5 Å². The number of hydrazone groups is 1. The first-order valence-corrected chi connectivity index (χ1v) is 4.08. The van der Waals surface area contributed by atoms with E-state index in [0.29, 0.717) is 5.02 Å². The summed E-state index contributed by atoms with van der Waals surface area (Å²) < 4.78 is 0. The van der Waals surface area contributed by atoms with Crippen LogP contribution in [-0.2, 0) is 0 Å². The summed E-state index contributed by atoms with van der Waals surface area (Å²) in [5.74, 6) is -0.0169. The van der Waals surface area contributed by atoms with E-state index >= 15 is 0 Å². The highest BCUT2D eigenvalue weighted by Crippen LogP contribution is 2.19. The largest absolute Gasteiger partial charge is 0.369 e. The van der Waals surface area contributed by atoms with Crippen LogP contribution in [0.5, 0.6) is 0 Å². The van der Waals surface area contributed by atoms with Gasteiger partial charge in [0.25, 0.3) is 0 Å². The van der Waals surface area contributed by atoms with E-state index in [1.165, 1.54) is 0 Å². The van der Waals surface area contributed by atoms with Crippen LogP contribution in [0.2, 0.25) is 5.02 Å². The summed E-state index contributed by atoms with van der Waals surface area (Å²) in [7, 11) is 0. The van der Waals surface area contributed by atoms with Gasteiger partial charge in [-0.25, -0.2) is 0 Å². The van der Waals surface area contributed by atoms with Gasteiger partial charge in [0, 0.05) is 5.02 Å². The molecule has 0 atom stereocenters. The van der Waals surface area contributed by atoms with E-state index in [9.17, 15) is 0 Å². The molecular weight excluding hydrogens is 188 g/mol. The van der Waals surface area contributed by atoms with Crippen LogP contribution >= 0.6 is 11.6 Å². The molecule has 5 N–H and O–H groups in total. The lowest BCUT2D eigenvalue weighted by Gasteiger charge is -2.02. The number of hydrogen-bond acceptors (Lipinski definition) is 2. The molecule has 1 aromatic rings. The third-order valence-electron chi connectivity index (χ3n) is 1.49. The third-order valence-corrected chi connectivity index (χ3v) is 1.89. The number of anilines is 1. The summed E-state index contributed by atoms with van der Waals surface area (Å²) in [4.78, 5) is 0. The number of benzene rings is 1. The van der Waals surface area contributed by atoms with Crippen LogP contribution in [0.1, 0.15) is 5.56 Å². The zero-order valence-electron chi connectivity index (χ0n) is 7.21. The molecule has 0 saturated carbocycles. The van der Waals surface area contributed by atoms with Crippen molar-refractivity contribution in [3.63, 3.8) is 0 Å². The molecule has 0 heterocycles. The Balaban J connectivity index is 2.80. The van der Waals surface area contributed by atoms with Crippen molar-refractivity contribution in [1.29, 1.82) is 0 Å². The van der Waals surface area contributed by atoms with Crippen LogP contribution in [0.25, 0.3) is 0 Å². The first kappa shape index (κ1) is 9.67. The average molecular weight is 199 g/mol. The van der Waals surface area contributed by atoms with E-state index in [1.807, 2.05) is 19.1 Å². The Morgan fingerprint density at radius 1 is 1.46 bits per heavy atom. The Morgan fingerprint density at radius 2 is 2.15 bits per heavy atom. The number of halogens is 1. The standard InChI is InChI=1S/C8H11ClN4/c1-5-2-3-6(4-7(5)9)12-13-8(10)11/h2-4,12H,1H3,(H4,10,11,13). The molecule has 0 bridgehead atoms. The summed E-state index contributed by atoms with van der Waals surface area (Å²) in [6.45, 7) is 1.92. The van der Waals surface area contributed by atoms with Crippen molar-refractivity contribution in [2.45, 2.75) is 6.92 Å². The maximum atomic E-state index is 5.88. The molecule has 0 fully saturated rings. The minimum atomic E-state index is -0.0169. The SMILES string of the molecule is Cc1ccc(NN=C(N)N)cc1Cl. The Hall–Kier alpha value is -1.42. The summed E-state index contributed by atoms with van der Waals surface area (Å²) in [6, 6.07) is 5.48. The zero-order valence-corrected chi connectivity index (χ0v) is 7.97. The second-order valence-electron chi connectivity index (χ2n) is 2.61. The van der Waals surface area contributed by atoms with E-state index in [4.69, 9.17) is 23.1 Å². The van der Waals surface area contributed by atoms with E-state index in [1.54, 1.807) is 6.07 Å². The molecule has 70 valence electrons. The maximum absolute atomic E-state index is 5.88. The van der Waals surface area contributed by atoms with Gasteiger partial charge in [0.1, 0.15) is 0 Å². The first-order chi connectivity index (χ1) is 6.09. The topological polar surface area (TPSA) is 76.4 Å². The molecule has 0 aliphatic carbocycles. The monoisotopic (exact) mass is 198 g/mol. The van der Waals surface area contributed by atoms with Crippen molar-refractivity contribution in [2.24, 2.45) is 16.6 Å². The van der Waals surface area contributed by atoms with Gasteiger partial charge in [0.15, 0.2) is 0 Å². The summed E-state index contributed by atoms with van der Waals surface area (Å²) in [5.41, 5.74) is 14.7. The zero-order chi connectivity index (χ0) is 9.84. The fraction of sp³-hybridized carbons (Fsp3) is 0.125. The van der Waals surface area contributed by atoms with Crippen LogP contribution in [0.4, 0.5) is 5.69 Å². The van der Waals surface area contributed by atoms with Crippen molar-refractivity contribution >= 4 is 23.2 Å². The molecule has 0 radical (unpaired) electrons. The van der Waals surface area contributed by atoms with Crippen LogP contribution in [0.3, 0.4) is 0 Å². The van der Waals surface area contributed by atoms with Crippen LogP contribution in [0, 0.1) is 6.92 Å². The fourth-order valence-electron chi connectivity index (χ4n) is 0.792. The van der Waals surface area contributed by atoms with Crippen LogP contribution in [-0.4, -0.2) is 5.96 Å². The van der Waals surface area contributed by atoms with E-state index in [-0.39, 0.29) is 5.96 Å². The third kappa shape index (κ3) is 2.83. The molecule has 0 unspecified atom stereocenters. The van der Waals surface area contributed by atoms with Crippen molar-refractivity contribution in [3.05, 3.63) is 28.8 Å². The molecule has 5 heteroatoms. The molecule has 0 saturated heterocycles. The fourth-order valence-corrected chi connectivity index (χ4v) is 0.972. The summed E-state index contributed by atoms with van der Waals surface area (Å²) >= 11 is 5.88. The number of nitrogens with two attached hydrogens (primary N) is 2. The minimum Gasteiger partial charge on any atom is -0.369 e. The highest BCUT2D eigenvalue weighted by Gasteiger charge is 1.95. The lowest BCUT2D eigenvalue weighted by atomic mass is 10.2. The van der Waals surface area contributed by atoms with Crippen molar-refractivity contribution in [1.82, 2.24) is 0 Å². The Labute approximate surface area is 81.6 Å². The molecule has 13 heavy (non-hydrogen) atoms. The predicted octanol–water partition coefficient (Wildman–Crippen LogP) is 1.25. The molecule has 1 rings (SSSR count). The molecule has 1 aromatic carbocycles. The second kappa shape index (κ2) is 4.00. The van der Waals surface area contributed by atoms with Gasteiger partial charge >= 0.3 is 0 Å². The number of nitrogens with one attached hydrogen (secondary N) is 1. The van der Waals surface area contributed by atoms with Gasteiger partial charge in [0.2, 0.25) is 5.96 Å². The van der Waals surface area contributed by atoms with E-state index in [2.05, 4.69) is 10.5 Å². The lowest BCUT2D eigenvalue weighted by Crippen LogP contribution is -2.23. The molecule has 0 aliphatic rings. The number of aryl methyl sites for hydroxylation is 1. The quantitative estimate of drug-likeness (QED) is 0.380. The molecule has 0 spiro atoms. The number of guanidine groups is 1. The average Bonchev–Trinajstić information content (AvgIpc) is 2.07. The summed E-state index contributed by atoms with van der Waals surface area (Å²) in [5, 5.41) is 4.31. The highest BCUT2D eigenvalue weighted by molar-refractivity contribution is 6.31. The summed E-state index contributed by atoms with van der Waals surface area (Å²) in [6.07, 6.45) is 0. The minimum absolute atomic E-state index is 0.0169. The van der Waals surface area contributed by atoms with Crippen molar-refractivity contribution in [2.75, 3.05) is 5.43 Å². The number of nitrogens with zero attached hydrogens (tertiary/aromatic N) is 1. The van der Waals surface area contributed by atoms with Gasteiger partial charge in [-0.15, -0.1) is 5.10 Å². The van der Waals surface area contributed by atoms with Gasteiger partial charge in [-0.05, 0) is 24.6 Å².